The lowest BCUT2D eigenvalue weighted by atomic mass is 10.1. The molecular weight excluding hydrogens is 393 g/mol. The van der Waals surface area contributed by atoms with E-state index in [1.54, 1.807) is 24.3 Å². The van der Waals surface area contributed by atoms with Crippen LogP contribution in [-0.4, -0.2) is 31.9 Å². The van der Waals surface area contributed by atoms with Crippen molar-refractivity contribution in [2.45, 2.75) is 25.1 Å². The molecule has 1 heterocycles. The monoisotopic (exact) mass is 412 g/mol. The molecule has 1 aliphatic heterocycles. The Morgan fingerprint density at radius 1 is 1.00 bits per heavy atom. The maximum Gasteiger partial charge on any atom is 0.416 e. The number of rotatable bonds is 4. The first-order valence-electron chi connectivity index (χ1n) is 8.69. The largest absolute Gasteiger partial charge is 0.416 e. The molecule has 9 heteroatoms. The molecule has 28 heavy (non-hydrogen) atoms. The van der Waals surface area contributed by atoms with Crippen LogP contribution in [0, 0.1) is 0 Å². The lowest BCUT2D eigenvalue weighted by Gasteiger charge is -2.23. The fraction of sp³-hybridized carbons (Fsp3) is 0.316. The van der Waals surface area contributed by atoms with E-state index in [-0.39, 0.29) is 28.8 Å². The fourth-order valence-corrected chi connectivity index (χ4v) is 4.51. The van der Waals surface area contributed by atoms with Crippen molar-refractivity contribution in [2.75, 3.05) is 16.8 Å². The molecule has 0 aromatic heterocycles. The highest BCUT2D eigenvalue weighted by molar-refractivity contribution is 7.91. The molecule has 0 aliphatic carbocycles. The molecule has 0 atom stereocenters. The van der Waals surface area contributed by atoms with Gasteiger partial charge in [-0.05, 0) is 43.2 Å². The van der Waals surface area contributed by atoms with Crippen LogP contribution in [0.25, 0.3) is 0 Å². The van der Waals surface area contributed by atoms with Gasteiger partial charge in [-0.15, -0.1) is 0 Å². The third-order valence-electron chi connectivity index (χ3n) is 4.53. The molecule has 3 rings (SSSR count). The van der Waals surface area contributed by atoms with Crippen molar-refractivity contribution in [1.82, 2.24) is 5.32 Å². The van der Waals surface area contributed by atoms with Crippen LogP contribution < -0.4 is 10.6 Å². The highest BCUT2D eigenvalue weighted by Crippen LogP contribution is 2.32. The summed E-state index contributed by atoms with van der Waals surface area (Å²) in [6.07, 6.45) is -3.77. The van der Waals surface area contributed by atoms with E-state index in [1.165, 1.54) is 12.1 Å². The number of sulfone groups is 1. The van der Waals surface area contributed by atoms with E-state index in [1.807, 2.05) is 0 Å². The Balaban J connectivity index is 1.75. The molecule has 0 bridgehead atoms. The number of hydrogen-bond acceptors (Lipinski definition) is 4. The van der Waals surface area contributed by atoms with Crippen molar-refractivity contribution in [1.29, 1.82) is 0 Å². The summed E-state index contributed by atoms with van der Waals surface area (Å²) < 4.78 is 61.7. The number of alkyl halides is 3. The molecule has 1 saturated heterocycles. The van der Waals surface area contributed by atoms with Crippen LogP contribution in [0.4, 0.5) is 24.5 Å². The summed E-state index contributed by atoms with van der Waals surface area (Å²) in [5.74, 6) is -0.344. The third kappa shape index (κ3) is 5.03. The Morgan fingerprint density at radius 3 is 2.36 bits per heavy atom. The lowest BCUT2D eigenvalue weighted by molar-refractivity contribution is -0.137. The number of hydrogen-bond donors (Lipinski definition) is 2. The van der Waals surface area contributed by atoms with Gasteiger partial charge >= 0.3 is 6.18 Å². The topological polar surface area (TPSA) is 75.3 Å². The van der Waals surface area contributed by atoms with Gasteiger partial charge in [0.2, 0.25) is 0 Å². The van der Waals surface area contributed by atoms with Crippen molar-refractivity contribution >= 4 is 27.1 Å². The first-order chi connectivity index (χ1) is 13.1. The first kappa shape index (κ1) is 20.2. The Labute approximate surface area is 160 Å². The molecule has 150 valence electrons. The molecule has 0 saturated carbocycles. The minimum Gasteiger partial charge on any atom is -0.355 e. The van der Waals surface area contributed by atoms with Crippen LogP contribution >= 0.6 is 0 Å². The molecule has 1 amide bonds. The Bertz CT molecular complexity index is 960. The maximum absolute atomic E-state index is 12.9. The van der Waals surface area contributed by atoms with Crippen molar-refractivity contribution in [3.05, 3.63) is 59.7 Å². The summed E-state index contributed by atoms with van der Waals surface area (Å²) in [5, 5.41) is 5.67. The number of para-hydroxylation sites is 1. The third-order valence-corrected chi connectivity index (χ3v) is 6.25. The van der Waals surface area contributed by atoms with Gasteiger partial charge in [-0.25, -0.2) is 8.42 Å². The number of halogens is 3. The van der Waals surface area contributed by atoms with Gasteiger partial charge in [0.05, 0.1) is 28.3 Å². The van der Waals surface area contributed by atoms with Crippen molar-refractivity contribution in [2.24, 2.45) is 0 Å². The maximum atomic E-state index is 12.9. The number of anilines is 2. The summed E-state index contributed by atoms with van der Waals surface area (Å²) >= 11 is 0. The van der Waals surface area contributed by atoms with E-state index in [2.05, 4.69) is 10.6 Å². The van der Waals surface area contributed by atoms with Gasteiger partial charge in [0, 0.05) is 11.7 Å². The fourth-order valence-electron chi connectivity index (χ4n) is 3.02. The van der Waals surface area contributed by atoms with E-state index >= 15 is 0 Å². The van der Waals surface area contributed by atoms with Crippen molar-refractivity contribution in [3.63, 3.8) is 0 Å². The zero-order chi connectivity index (χ0) is 20.4. The molecular formula is C19H19F3N2O3S. The van der Waals surface area contributed by atoms with E-state index < -0.39 is 27.5 Å². The van der Waals surface area contributed by atoms with E-state index in [0.29, 0.717) is 18.5 Å². The predicted octanol–water partition coefficient (Wildman–Crippen LogP) is 3.76. The van der Waals surface area contributed by atoms with Crippen LogP contribution in [0.1, 0.15) is 28.8 Å². The van der Waals surface area contributed by atoms with Crippen LogP contribution in [0.3, 0.4) is 0 Å². The lowest BCUT2D eigenvalue weighted by Crippen LogP contribution is -2.41. The van der Waals surface area contributed by atoms with Crippen LogP contribution in [-0.2, 0) is 16.0 Å². The quantitative estimate of drug-likeness (QED) is 0.802. The molecule has 0 spiro atoms. The van der Waals surface area contributed by atoms with Gasteiger partial charge in [0.15, 0.2) is 0 Å². The summed E-state index contributed by atoms with van der Waals surface area (Å²) in [4.78, 5) is 12.6. The van der Waals surface area contributed by atoms with Crippen LogP contribution in [0.5, 0.6) is 0 Å². The number of carbonyl (C=O) groups excluding carboxylic acids is 1. The standard InChI is InChI=1S/C19H19F3N2O3S/c20-19(21,22)13-4-3-5-15(12-13)23-17-7-2-1-6-16(17)18(25)24-14-8-10-28(26,27)11-9-14/h1-7,12,14,23H,8-11H2,(H,24,25). The Hall–Kier alpha value is -2.55. The molecule has 2 aromatic carbocycles. The number of amides is 1. The first-order valence-corrected chi connectivity index (χ1v) is 10.5. The Kier molecular flexibility index (Phi) is 5.64. The van der Waals surface area contributed by atoms with Gasteiger partial charge in [0.1, 0.15) is 9.84 Å². The number of carbonyl (C=O) groups is 1. The number of nitrogens with one attached hydrogen (secondary N) is 2. The smallest absolute Gasteiger partial charge is 0.355 e. The number of benzene rings is 2. The van der Waals surface area contributed by atoms with E-state index in [4.69, 9.17) is 0 Å². The molecule has 0 radical (unpaired) electrons. The van der Waals surface area contributed by atoms with Crippen molar-refractivity contribution < 1.29 is 26.4 Å². The second-order valence-corrected chi connectivity index (χ2v) is 8.95. The molecule has 2 N–H and O–H groups in total. The van der Waals surface area contributed by atoms with Gasteiger partial charge in [-0.2, -0.15) is 13.2 Å². The molecule has 1 aliphatic rings. The minimum atomic E-state index is -4.46. The van der Waals surface area contributed by atoms with Crippen molar-refractivity contribution in [3.8, 4) is 0 Å². The summed E-state index contributed by atoms with van der Waals surface area (Å²) in [5.41, 5.74) is 0.0535. The molecule has 0 unspecified atom stereocenters. The summed E-state index contributed by atoms with van der Waals surface area (Å²) in [6, 6.07) is 10.9. The second kappa shape index (κ2) is 7.83. The van der Waals surface area contributed by atoms with Crippen LogP contribution in [0.15, 0.2) is 48.5 Å². The summed E-state index contributed by atoms with van der Waals surface area (Å²) in [7, 11) is -3.04. The average Bonchev–Trinajstić information content (AvgIpc) is 2.63. The zero-order valence-corrected chi connectivity index (χ0v) is 15.6. The average molecular weight is 412 g/mol. The summed E-state index contributed by atoms with van der Waals surface area (Å²) in [6.45, 7) is 0. The van der Waals surface area contributed by atoms with Gasteiger partial charge in [-0.3, -0.25) is 4.79 Å². The Morgan fingerprint density at radius 2 is 1.68 bits per heavy atom. The van der Waals surface area contributed by atoms with Gasteiger partial charge in [0.25, 0.3) is 5.91 Å². The molecule has 2 aromatic rings. The normalized spacial score (nSPS) is 17.1. The van der Waals surface area contributed by atoms with Gasteiger partial charge < -0.3 is 10.6 Å². The highest BCUT2D eigenvalue weighted by Gasteiger charge is 2.30. The van der Waals surface area contributed by atoms with Crippen LogP contribution in [0.2, 0.25) is 0 Å². The second-order valence-electron chi connectivity index (χ2n) is 6.65. The van der Waals surface area contributed by atoms with Gasteiger partial charge in [-0.1, -0.05) is 18.2 Å². The molecule has 5 nitrogen and oxygen atoms in total. The highest BCUT2D eigenvalue weighted by atomic mass is 32.2. The van der Waals surface area contributed by atoms with E-state index in [0.717, 1.165) is 12.1 Å². The van der Waals surface area contributed by atoms with E-state index in [9.17, 15) is 26.4 Å². The zero-order valence-electron chi connectivity index (χ0n) is 14.8. The predicted molar refractivity (Wildman–Crippen MR) is 100 cm³/mol. The SMILES string of the molecule is O=C(NC1CCS(=O)(=O)CC1)c1ccccc1Nc1cccc(C(F)(F)F)c1. The minimum absolute atomic E-state index is 0.0298. The molecule has 1 fully saturated rings.